The smallest absolute Gasteiger partial charge is 0.356 e. The molecule has 0 saturated heterocycles. The molecule has 0 unspecified atom stereocenters. The number of carbonyl (C=O) groups excluding carboxylic acids is 1. The van der Waals surface area contributed by atoms with Crippen molar-refractivity contribution in [3.63, 3.8) is 0 Å². The second-order valence-corrected chi connectivity index (χ2v) is 7.29. The van der Waals surface area contributed by atoms with Crippen LogP contribution in [-0.2, 0) is 14.8 Å². The van der Waals surface area contributed by atoms with E-state index in [4.69, 9.17) is 0 Å². The minimum absolute atomic E-state index is 0.0670. The second-order valence-electron chi connectivity index (χ2n) is 4.75. The number of H-pyrrole nitrogens is 1. The summed E-state index contributed by atoms with van der Waals surface area (Å²) in [7, 11) is -2.57. The van der Waals surface area contributed by atoms with Crippen molar-refractivity contribution in [1.29, 1.82) is 0 Å². The number of aromatic nitrogens is 1. The van der Waals surface area contributed by atoms with Crippen molar-refractivity contribution < 1.29 is 17.9 Å². The van der Waals surface area contributed by atoms with Gasteiger partial charge in [0.05, 0.1) is 17.7 Å². The van der Waals surface area contributed by atoms with Crippen LogP contribution in [0.5, 0.6) is 0 Å². The van der Waals surface area contributed by atoms with Gasteiger partial charge in [0, 0.05) is 10.2 Å². The van der Waals surface area contributed by atoms with E-state index in [9.17, 15) is 13.2 Å². The van der Waals surface area contributed by atoms with E-state index in [0.717, 1.165) is 10.0 Å². The first kappa shape index (κ1) is 16.6. The van der Waals surface area contributed by atoms with Crippen LogP contribution in [0.4, 0.5) is 5.69 Å². The minimum Gasteiger partial charge on any atom is -0.464 e. The van der Waals surface area contributed by atoms with E-state index in [-0.39, 0.29) is 16.3 Å². The maximum Gasteiger partial charge on any atom is 0.356 e. The number of esters is 1. The molecule has 22 heavy (non-hydrogen) atoms. The normalized spacial score (nSPS) is 11.3. The predicted molar refractivity (Wildman–Crippen MR) is 86.6 cm³/mol. The highest BCUT2D eigenvalue weighted by Gasteiger charge is 2.21. The van der Waals surface area contributed by atoms with Crippen LogP contribution in [0.25, 0.3) is 0 Å². The molecule has 1 heterocycles. The lowest BCUT2D eigenvalue weighted by atomic mass is 10.2. The summed E-state index contributed by atoms with van der Waals surface area (Å²) >= 11 is 3.32. The molecule has 2 N–H and O–H groups in total. The largest absolute Gasteiger partial charge is 0.464 e. The van der Waals surface area contributed by atoms with Gasteiger partial charge in [-0.3, -0.25) is 4.72 Å². The molecule has 0 fully saturated rings. The van der Waals surface area contributed by atoms with E-state index >= 15 is 0 Å². The highest BCUT2D eigenvalue weighted by atomic mass is 79.9. The Kier molecular flexibility index (Phi) is 4.62. The fourth-order valence-electron chi connectivity index (χ4n) is 1.92. The van der Waals surface area contributed by atoms with Gasteiger partial charge in [0.1, 0.15) is 5.69 Å². The number of sulfonamides is 1. The molecule has 0 atom stereocenters. The first-order chi connectivity index (χ1) is 10.2. The summed E-state index contributed by atoms with van der Waals surface area (Å²) in [5.41, 5.74) is 1.66. The summed E-state index contributed by atoms with van der Waals surface area (Å²) in [5, 5.41) is 0. The molecule has 0 saturated carbocycles. The second kappa shape index (κ2) is 6.13. The van der Waals surface area contributed by atoms with Crippen molar-refractivity contribution in [3.05, 3.63) is 45.7 Å². The maximum atomic E-state index is 12.4. The van der Waals surface area contributed by atoms with Gasteiger partial charge in [-0.2, -0.15) is 0 Å². The van der Waals surface area contributed by atoms with E-state index in [1.54, 1.807) is 26.0 Å². The van der Waals surface area contributed by atoms with Crippen LogP contribution >= 0.6 is 15.9 Å². The molecule has 118 valence electrons. The minimum atomic E-state index is -3.80. The molecular weight excluding hydrogens is 372 g/mol. The number of carbonyl (C=O) groups is 1. The number of halogens is 1. The van der Waals surface area contributed by atoms with Crippen LogP contribution in [0.15, 0.2) is 33.6 Å². The van der Waals surface area contributed by atoms with Gasteiger partial charge in [-0.25, -0.2) is 13.2 Å². The van der Waals surface area contributed by atoms with Crippen LogP contribution in [0.1, 0.15) is 21.7 Å². The highest BCUT2D eigenvalue weighted by Crippen LogP contribution is 2.24. The Bertz CT molecular complexity index is 827. The molecule has 6 nitrogen and oxygen atoms in total. The number of rotatable bonds is 4. The molecule has 0 aliphatic heterocycles. The number of aryl methyl sites for hydroxylation is 2. The molecule has 0 aliphatic carbocycles. The zero-order chi connectivity index (χ0) is 16.5. The van der Waals surface area contributed by atoms with Gasteiger partial charge in [-0.1, -0.05) is 15.9 Å². The average molecular weight is 387 g/mol. The molecule has 2 rings (SSSR count). The Labute approximate surface area is 137 Å². The average Bonchev–Trinajstić information content (AvgIpc) is 2.80. The quantitative estimate of drug-likeness (QED) is 0.790. The van der Waals surface area contributed by atoms with E-state index in [1.807, 2.05) is 0 Å². The number of nitrogens with one attached hydrogen (secondary N) is 2. The molecule has 0 bridgehead atoms. The summed E-state index contributed by atoms with van der Waals surface area (Å²) in [6, 6.07) is 6.23. The van der Waals surface area contributed by atoms with E-state index in [2.05, 4.69) is 30.4 Å². The summed E-state index contributed by atoms with van der Waals surface area (Å²) in [5.74, 6) is -0.641. The Morgan fingerprint density at radius 1 is 1.27 bits per heavy atom. The molecule has 1 aromatic heterocycles. The van der Waals surface area contributed by atoms with Crippen molar-refractivity contribution in [2.45, 2.75) is 18.7 Å². The van der Waals surface area contributed by atoms with Gasteiger partial charge in [-0.15, -0.1) is 0 Å². The zero-order valence-electron chi connectivity index (χ0n) is 12.2. The summed E-state index contributed by atoms with van der Waals surface area (Å²) < 4.78 is 32.8. The molecular formula is C14H15BrN2O4S. The molecule has 0 radical (unpaired) electrons. The molecule has 2 aromatic rings. The first-order valence-electron chi connectivity index (χ1n) is 6.31. The fraction of sp³-hybridized carbons (Fsp3) is 0.214. The Balaban J connectivity index is 2.41. The number of anilines is 1. The summed E-state index contributed by atoms with van der Waals surface area (Å²) in [6.07, 6.45) is 0. The third kappa shape index (κ3) is 3.33. The fourth-order valence-corrected chi connectivity index (χ4v) is 3.31. The molecule has 0 amide bonds. The van der Waals surface area contributed by atoms with Gasteiger partial charge < -0.3 is 9.72 Å². The monoisotopic (exact) mass is 386 g/mol. The number of hydrogen-bond donors (Lipinski definition) is 2. The van der Waals surface area contributed by atoms with Crippen molar-refractivity contribution >= 4 is 37.6 Å². The van der Waals surface area contributed by atoms with Crippen molar-refractivity contribution in [3.8, 4) is 0 Å². The van der Waals surface area contributed by atoms with Crippen LogP contribution in [-0.4, -0.2) is 26.5 Å². The van der Waals surface area contributed by atoms with Gasteiger partial charge in [0.25, 0.3) is 10.0 Å². The molecule has 8 heteroatoms. The Morgan fingerprint density at radius 3 is 2.55 bits per heavy atom. The molecule has 1 aromatic carbocycles. The highest BCUT2D eigenvalue weighted by molar-refractivity contribution is 9.10. The van der Waals surface area contributed by atoms with Crippen molar-refractivity contribution in [2.75, 3.05) is 11.8 Å². The SMILES string of the molecule is COC(=O)c1[nH]c(C)cc1NS(=O)(=O)c1ccc(Br)c(C)c1. The molecule has 0 aliphatic rings. The van der Waals surface area contributed by atoms with Crippen LogP contribution in [0.3, 0.4) is 0 Å². The topological polar surface area (TPSA) is 88.3 Å². The van der Waals surface area contributed by atoms with Gasteiger partial charge in [0.15, 0.2) is 0 Å². The lowest BCUT2D eigenvalue weighted by Gasteiger charge is -2.09. The number of hydrogen-bond acceptors (Lipinski definition) is 4. The number of methoxy groups -OCH3 is 1. The third-order valence-corrected chi connectivity index (χ3v) is 5.28. The number of aromatic amines is 1. The Morgan fingerprint density at radius 2 is 1.95 bits per heavy atom. The lowest BCUT2D eigenvalue weighted by Crippen LogP contribution is -2.15. The van der Waals surface area contributed by atoms with Gasteiger partial charge >= 0.3 is 5.97 Å². The van der Waals surface area contributed by atoms with E-state index in [1.165, 1.54) is 19.2 Å². The number of benzene rings is 1. The number of ether oxygens (including phenoxy) is 1. The van der Waals surface area contributed by atoms with Gasteiger partial charge in [0.2, 0.25) is 0 Å². The standard InChI is InChI=1S/C14H15BrN2O4S/c1-8-6-10(4-5-11(8)15)22(19,20)17-12-7-9(2)16-13(12)14(18)21-3/h4-7,16-17H,1-3H3. The first-order valence-corrected chi connectivity index (χ1v) is 8.59. The van der Waals surface area contributed by atoms with Gasteiger partial charge in [-0.05, 0) is 43.7 Å². The molecule has 0 spiro atoms. The van der Waals surface area contributed by atoms with Crippen LogP contribution < -0.4 is 4.72 Å². The summed E-state index contributed by atoms with van der Waals surface area (Å²) in [4.78, 5) is 14.6. The van der Waals surface area contributed by atoms with Crippen LogP contribution in [0, 0.1) is 13.8 Å². The van der Waals surface area contributed by atoms with Crippen molar-refractivity contribution in [1.82, 2.24) is 4.98 Å². The van der Waals surface area contributed by atoms with E-state index < -0.39 is 16.0 Å². The summed E-state index contributed by atoms with van der Waals surface area (Å²) in [6.45, 7) is 3.51. The maximum absolute atomic E-state index is 12.4. The van der Waals surface area contributed by atoms with Crippen LogP contribution in [0.2, 0.25) is 0 Å². The third-order valence-electron chi connectivity index (χ3n) is 3.03. The van der Waals surface area contributed by atoms with Crippen molar-refractivity contribution in [2.24, 2.45) is 0 Å². The van der Waals surface area contributed by atoms with E-state index in [0.29, 0.717) is 5.69 Å². The lowest BCUT2D eigenvalue weighted by molar-refractivity contribution is 0.0596. The predicted octanol–water partition coefficient (Wildman–Crippen LogP) is 2.98. The Hall–Kier alpha value is -1.80. The zero-order valence-corrected chi connectivity index (χ0v) is 14.6.